The van der Waals surface area contributed by atoms with E-state index >= 15 is 0 Å². The molecule has 0 saturated carbocycles. The van der Waals surface area contributed by atoms with Crippen molar-refractivity contribution in [2.75, 3.05) is 6.54 Å². The van der Waals surface area contributed by atoms with Crippen molar-refractivity contribution in [3.8, 4) is 0 Å². The number of ketones is 1. The maximum Gasteiger partial charge on any atom is 0.325 e. The number of imide groups is 1. The summed E-state index contributed by atoms with van der Waals surface area (Å²) in [5.41, 5.74) is 1.74. The van der Waals surface area contributed by atoms with E-state index in [0.717, 1.165) is 20.5 Å². The Morgan fingerprint density at radius 1 is 1.15 bits per heavy atom. The number of halogens is 1. The molecule has 0 radical (unpaired) electrons. The molecular weight excluding hydrogens is 396 g/mol. The minimum Gasteiger partial charge on any atom is -0.319 e. The van der Waals surface area contributed by atoms with E-state index in [2.05, 4.69) is 21.2 Å². The highest BCUT2D eigenvalue weighted by Crippen LogP contribution is 2.33. The van der Waals surface area contributed by atoms with Crippen molar-refractivity contribution in [1.29, 1.82) is 0 Å². The van der Waals surface area contributed by atoms with E-state index in [1.807, 2.05) is 38.1 Å². The number of Topliss-reactive ketones (excluding diaryl/α,β-unsaturated/α-hetero) is 1. The maximum atomic E-state index is 13.0. The minimum absolute atomic E-state index is 0.258. The molecule has 3 rings (SSSR count). The van der Waals surface area contributed by atoms with Gasteiger partial charge in [-0.2, -0.15) is 0 Å². The second-order valence-corrected chi connectivity index (χ2v) is 7.52. The van der Waals surface area contributed by atoms with Crippen molar-refractivity contribution >= 4 is 33.7 Å². The van der Waals surface area contributed by atoms with Crippen molar-refractivity contribution in [2.24, 2.45) is 0 Å². The average molecular weight is 415 g/mol. The van der Waals surface area contributed by atoms with Crippen LogP contribution in [-0.2, 0) is 10.3 Å². The fraction of sp³-hybridized carbons (Fsp3) is 0.250. The lowest BCUT2D eigenvalue weighted by Gasteiger charge is -2.23. The molecule has 0 unspecified atom stereocenters. The second kappa shape index (κ2) is 6.68. The van der Waals surface area contributed by atoms with Crippen molar-refractivity contribution in [3.63, 3.8) is 0 Å². The van der Waals surface area contributed by atoms with E-state index in [1.54, 1.807) is 25.1 Å². The Kier molecular flexibility index (Phi) is 4.71. The number of amides is 3. The number of carbonyl (C=O) groups excluding carboxylic acids is 3. The van der Waals surface area contributed by atoms with Crippen LogP contribution in [-0.4, -0.2) is 29.2 Å². The van der Waals surface area contributed by atoms with Gasteiger partial charge in [0, 0.05) is 15.6 Å². The molecule has 0 bridgehead atoms. The van der Waals surface area contributed by atoms with Gasteiger partial charge in [-0.05, 0) is 38.5 Å². The van der Waals surface area contributed by atoms with Crippen molar-refractivity contribution < 1.29 is 14.4 Å². The lowest BCUT2D eigenvalue weighted by atomic mass is 9.92. The fourth-order valence-electron chi connectivity index (χ4n) is 3.15. The van der Waals surface area contributed by atoms with Crippen LogP contribution in [0.5, 0.6) is 0 Å². The van der Waals surface area contributed by atoms with Gasteiger partial charge in [-0.15, -0.1) is 0 Å². The Hall–Kier alpha value is -2.47. The number of rotatable bonds is 4. The Balaban J connectivity index is 1.89. The molecule has 1 aliphatic heterocycles. The first-order valence-electron chi connectivity index (χ1n) is 8.23. The molecule has 3 amide bonds. The van der Waals surface area contributed by atoms with Crippen LogP contribution in [0.15, 0.2) is 46.9 Å². The maximum absolute atomic E-state index is 13.0. The van der Waals surface area contributed by atoms with Crippen LogP contribution in [0.2, 0.25) is 0 Å². The van der Waals surface area contributed by atoms with E-state index in [-0.39, 0.29) is 12.3 Å². The number of hydrogen-bond donors (Lipinski definition) is 1. The zero-order valence-electron chi connectivity index (χ0n) is 14.8. The van der Waals surface area contributed by atoms with E-state index in [0.29, 0.717) is 11.1 Å². The van der Waals surface area contributed by atoms with E-state index in [9.17, 15) is 14.4 Å². The molecule has 2 aromatic rings. The number of hydrogen-bond acceptors (Lipinski definition) is 3. The smallest absolute Gasteiger partial charge is 0.319 e. The normalized spacial score (nSPS) is 19.6. The Labute approximate surface area is 160 Å². The topological polar surface area (TPSA) is 66.5 Å². The summed E-state index contributed by atoms with van der Waals surface area (Å²) in [6.45, 7) is 5.10. The standard InChI is InChI=1S/C20H19BrN2O3/c1-12-8-9-13(2)14(10-12)17(24)11-23-18(25)20(3,22-19(23)26)15-6-4-5-7-16(15)21/h4-10H,11H2,1-3H3,(H,22,26)/t20-/m0/s1. The van der Waals surface area contributed by atoms with Gasteiger partial charge in [0.05, 0.1) is 6.54 Å². The predicted molar refractivity (Wildman–Crippen MR) is 102 cm³/mol. The van der Waals surface area contributed by atoms with Crippen LogP contribution in [0.4, 0.5) is 4.79 Å². The van der Waals surface area contributed by atoms with Crippen LogP contribution in [0.3, 0.4) is 0 Å². The fourth-order valence-corrected chi connectivity index (χ4v) is 3.84. The van der Waals surface area contributed by atoms with Crippen molar-refractivity contribution in [2.45, 2.75) is 26.3 Å². The monoisotopic (exact) mass is 414 g/mol. The molecule has 2 aromatic carbocycles. The van der Waals surface area contributed by atoms with Gasteiger partial charge in [-0.25, -0.2) is 4.79 Å². The molecule has 1 heterocycles. The zero-order valence-corrected chi connectivity index (χ0v) is 16.4. The minimum atomic E-state index is -1.21. The summed E-state index contributed by atoms with van der Waals surface area (Å²) >= 11 is 3.42. The molecule has 1 N–H and O–H groups in total. The first-order chi connectivity index (χ1) is 12.2. The Morgan fingerprint density at radius 2 is 1.85 bits per heavy atom. The SMILES string of the molecule is Cc1ccc(C)c(C(=O)CN2C(=O)N[C@@](C)(c3ccccc3Br)C2=O)c1. The summed E-state index contributed by atoms with van der Waals surface area (Å²) in [5.74, 6) is -0.695. The van der Waals surface area contributed by atoms with Crippen LogP contribution in [0, 0.1) is 13.8 Å². The van der Waals surface area contributed by atoms with E-state index < -0.39 is 17.5 Å². The van der Waals surface area contributed by atoms with E-state index in [4.69, 9.17) is 0 Å². The molecule has 1 aliphatic rings. The van der Waals surface area contributed by atoms with Gasteiger partial charge in [0.25, 0.3) is 5.91 Å². The van der Waals surface area contributed by atoms with Gasteiger partial charge < -0.3 is 5.32 Å². The molecule has 1 fully saturated rings. The third kappa shape index (κ3) is 3.05. The first kappa shape index (κ1) is 18.3. The lowest BCUT2D eigenvalue weighted by molar-refractivity contribution is -0.130. The average Bonchev–Trinajstić information content (AvgIpc) is 2.81. The molecule has 26 heavy (non-hydrogen) atoms. The predicted octanol–water partition coefficient (Wildman–Crippen LogP) is 3.72. The number of nitrogens with one attached hydrogen (secondary N) is 1. The van der Waals surface area contributed by atoms with Crippen molar-refractivity contribution in [3.05, 3.63) is 69.2 Å². The zero-order chi connectivity index (χ0) is 19.1. The molecule has 0 aromatic heterocycles. The number of aryl methyl sites for hydroxylation is 2. The third-order valence-corrected chi connectivity index (χ3v) is 5.37. The van der Waals surface area contributed by atoms with Gasteiger partial charge in [0.1, 0.15) is 5.54 Å². The van der Waals surface area contributed by atoms with Gasteiger partial charge in [0.2, 0.25) is 0 Å². The summed E-state index contributed by atoms with van der Waals surface area (Å²) in [4.78, 5) is 39.1. The van der Waals surface area contributed by atoms with Gasteiger partial charge in [0.15, 0.2) is 5.78 Å². The molecule has 5 nitrogen and oxygen atoms in total. The quantitative estimate of drug-likeness (QED) is 0.612. The highest BCUT2D eigenvalue weighted by atomic mass is 79.9. The summed E-state index contributed by atoms with van der Waals surface area (Å²) in [5, 5.41) is 2.73. The molecule has 1 atom stereocenters. The molecule has 1 saturated heterocycles. The van der Waals surface area contributed by atoms with Crippen LogP contribution < -0.4 is 5.32 Å². The van der Waals surface area contributed by atoms with Gasteiger partial charge in [-0.3, -0.25) is 14.5 Å². The summed E-state index contributed by atoms with van der Waals surface area (Å²) in [7, 11) is 0. The number of nitrogens with zero attached hydrogens (tertiary/aromatic N) is 1. The van der Waals surface area contributed by atoms with Crippen molar-refractivity contribution in [1.82, 2.24) is 10.2 Å². The first-order valence-corrected chi connectivity index (χ1v) is 9.03. The Morgan fingerprint density at radius 3 is 2.54 bits per heavy atom. The lowest BCUT2D eigenvalue weighted by Crippen LogP contribution is -2.41. The summed E-state index contributed by atoms with van der Waals surface area (Å²) < 4.78 is 0.721. The van der Waals surface area contributed by atoms with E-state index in [1.165, 1.54) is 0 Å². The highest BCUT2D eigenvalue weighted by molar-refractivity contribution is 9.10. The number of carbonyl (C=O) groups is 3. The molecule has 6 heteroatoms. The molecule has 0 aliphatic carbocycles. The highest BCUT2D eigenvalue weighted by Gasteiger charge is 2.50. The third-order valence-electron chi connectivity index (χ3n) is 4.68. The second-order valence-electron chi connectivity index (χ2n) is 6.67. The number of benzene rings is 2. The molecule has 0 spiro atoms. The van der Waals surface area contributed by atoms with Crippen LogP contribution in [0.25, 0.3) is 0 Å². The largest absolute Gasteiger partial charge is 0.325 e. The van der Waals surface area contributed by atoms with Crippen LogP contribution >= 0.6 is 15.9 Å². The molecular formula is C20H19BrN2O3. The summed E-state index contributed by atoms with van der Waals surface area (Å²) in [6.07, 6.45) is 0. The number of urea groups is 1. The van der Waals surface area contributed by atoms with Gasteiger partial charge >= 0.3 is 6.03 Å². The molecule has 134 valence electrons. The van der Waals surface area contributed by atoms with Crippen LogP contribution in [0.1, 0.15) is 34.0 Å². The summed E-state index contributed by atoms with van der Waals surface area (Å²) in [6, 6.07) is 12.2. The Bertz CT molecular complexity index is 925. The van der Waals surface area contributed by atoms with Gasteiger partial charge in [-0.1, -0.05) is 51.8 Å².